The minimum absolute atomic E-state index is 0.0252. The molecule has 3 rings (SSSR count). The standard InChI is InChI=1S/C19H17NO5/c1-24-18-10-13(16(20(22)23)11-19(18)25-2)9-15-14-6-4-3-5-12(14)7-8-17(15)21/h3-6,9-11H,7-8H2,1-2H3. The molecule has 0 saturated heterocycles. The summed E-state index contributed by atoms with van der Waals surface area (Å²) in [6.45, 7) is 0. The maximum Gasteiger partial charge on any atom is 0.280 e. The van der Waals surface area contributed by atoms with Gasteiger partial charge in [-0.05, 0) is 29.7 Å². The number of nitrogens with zero attached hydrogens (tertiary/aromatic N) is 1. The largest absolute Gasteiger partial charge is 0.493 e. The predicted molar refractivity (Wildman–Crippen MR) is 93.8 cm³/mol. The molecule has 0 spiro atoms. The van der Waals surface area contributed by atoms with Crippen LogP contribution >= 0.6 is 0 Å². The van der Waals surface area contributed by atoms with Gasteiger partial charge in [-0.3, -0.25) is 14.9 Å². The Morgan fingerprint density at radius 2 is 1.76 bits per heavy atom. The van der Waals surface area contributed by atoms with Crippen LogP contribution in [0.25, 0.3) is 11.6 Å². The minimum atomic E-state index is -0.492. The SMILES string of the molecule is COc1cc(C=C2C(=O)CCc3ccccc32)c([N+](=O)[O-])cc1OC. The van der Waals surface area contributed by atoms with E-state index < -0.39 is 4.92 Å². The summed E-state index contributed by atoms with van der Waals surface area (Å²) >= 11 is 0. The van der Waals surface area contributed by atoms with Crippen molar-refractivity contribution in [3.8, 4) is 11.5 Å². The number of allylic oxidation sites excluding steroid dienone is 1. The molecule has 0 heterocycles. The van der Waals surface area contributed by atoms with Crippen molar-refractivity contribution < 1.29 is 19.2 Å². The third-order valence-corrected chi connectivity index (χ3v) is 4.26. The van der Waals surface area contributed by atoms with Crippen molar-refractivity contribution in [1.82, 2.24) is 0 Å². The fraction of sp³-hybridized carbons (Fsp3) is 0.211. The zero-order valence-corrected chi connectivity index (χ0v) is 13.9. The van der Waals surface area contributed by atoms with E-state index in [1.165, 1.54) is 26.4 Å². The van der Waals surface area contributed by atoms with Gasteiger partial charge in [0.05, 0.1) is 30.8 Å². The van der Waals surface area contributed by atoms with Crippen molar-refractivity contribution in [2.24, 2.45) is 0 Å². The van der Waals surface area contributed by atoms with Crippen molar-refractivity contribution in [2.45, 2.75) is 12.8 Å². The Morgan fingerprint density at radius 3 is 2.44 bits per heavy atom. The molecule has 0 saturated carbocycles. The molecular weight excluding hydrogens is 322 g/mol. The average Bonchev–Trinajstić information content (AvgIpc) is 2.63. The Morgan fingerprint density at radius 1 is 1.08 bits per heavy atom. The summed E-state index contributed by atoms with van der Waals surface area (Å²) in [5, 5.41) is 11.5. The molecule has 1 aliphatic rings. The number of nitro benzene ring substituents is 1. The number of hydrogen-bond acceptors (Lipinski definition) is 5. The number of fused-ring (bicyclic) bond motifs is 1. The third kappa shape index (κ3) is 3.10. The second kappa shape index (κ2) is 6.76. The van der Waals surface area contributed by atoms with Gasteiger partial charge in [0.2, 0.25) is 0 Å². The zero-order chi connectivity index (χ0) is 18.0. The van der Waals surface area contributed by atoms with Crippen LogP contribution in [0.3, 0.4) is 0 Å². The molecule has 0 aromatic heterocycles. The molecule has 2 aromatic rings. The Hall–Kier alpha value is -3.15. The van der Waals surface area contributed by atoms with Gasteiger partial charge in [0.15, 0.2) is 17.3 Å². The van der Waals surface area contributed by atoms with Gasteiger partial charge >= 0.3 is 0 Å². The van der Waals surface area contributed by atoms with Gasteiger partial charge in [-0.2, -0.15) is 0 Å². The number of hydrogen-bond donors (Lipinski definition) is 0. The summed E-state index contributed by atoms with van der Waals surface area (Å²) < 4.78 is 10.4. The minimum Gasteiger partial charge on any atom is -0.493 e. The quantitative estimate of drug-likeness (QED) is 0.482. The average molecular weight is 339 g/mol. The number of carbonyl (C=O) groups is 1. The Kier molecular flexibility index (Phi) is 4.52. The van der Waals surface area contributed by atoms with Crippen LogP contribution in [0.15, 0.2) is 36.4 Å². The Balaban J connectivity index is 2.21. The highest BCUT2D eigenvalue weighted by Gasteiger charge is 2.24. The van der Waals surface area contributed by atoms with Gasteiger partial charge in [-0.1, -0.05) is 24.3 Å². The molecule has 128 valence electrons. The van der Waals surface area contributed by atoms with Gasteiger partial charge in [0, 0.05) is 12.0 Å². The molecule has 6 heteroatoms. The maximum absolute atomic E-state index is 12.4. The monoisotopic (exact) mass is 339 g/mol. The van der Waals surface area contributed by atoms with E-state index in [9.17, 15) is 14.9 Å². The molecular formula is C19H17NO5. The molecule has 0 unspecified atom stereocenters. The van der Waals surface area contributed by atoms with Gasteiger partial charge in [0.25, 0.3) is 5.69 Å². The Bertz CT molecular complexity index is 885. The predicted octanol–water partition coefficient (Wildman–Crippen LogP) is 3.67. The smallest absolute Gasteiger partial charge is 0.280 e. The van der Waals surface area contributed by atoms with Crippen molar-refractivity contribution in [3.63, 3.8) is 0 Å². The maximum atomic E-state index is 12.4. The highest BCUT2D eigenvalue weighted by molar-refractivity contribution is 6.26. The van der Waals surface area contributed by atoms with E-state index in [2.05, 4.69) is 0 Å². The number of nitro groups is 1. The van der Waals surface area contributed by atoms with Crippen molar-refractivity contribution in [2.75, 3.05) is 14.2 Å². The van der Waals surface area contributed by atoms with Crippen molar-refractivity contribution in [1.29, 1.82) is 0 Å². The highest BCUT2D eigenvalue weighted by atomic mass is 16.6. The van der Waals surface area contributed by atoms with Gasteiger partial charge < -0.3 is 9.47 Å². The number of rotatable bonds is 4. The highest BCUT2D eigenvalue weighted by Crippen LogP contribution is 2.37. The molecule has 6 nitrogen and oxygen atoms in total. The number of Topliss-reactive ketones (excluding diaryl/α,β-unsaturated/α-hetero) is 1. The first-order valence-corrected chi connectivity index (χ1v) is 7.78. The number of aryl methyl sites for hydroxylation is 1. The van der Waals surface area contributed by atoms with Crippen LogP contribution in [0.2, 0.25) is 0 Å². The van der Waals surface area contributed by atoms with Crippen molar-refractivity contribution >= 4 is 23.1 Å². The molecule has 0 radical (unpaired) electrons. The van der Waals surface area contributed by atoms with Crippen LogP contribution in [0.4, 0.5) is 5.69 Å². The second-order valence-corrected chi connectivity index (χ2v) is 5.66. The van der Waals surface area contributed by atoms with Crippen LogP contribution in [0, 0.1) is 10.1 Å². The van der Waals surface area contributed by atoms with E-state index in [-0.39, 0.29) is 17.2 Å². The number of carbonyl (C=O) groups excluding carboxylic acids is 1. The fourth-order valence-electron chi connectivity index (χ4n) is 3.01. The lowest BCUT2D eigenvalue weighted by Crippen LogP contribution is -2.12. The van der Waals surface area contributed by atoms with E-state index in [4.69, 9.17) is 9.47 Å². The van der Waals surface area contributed by atoms with E-state index in [1.807, 2.05) is 24.3 Å². The molecule has 0 atom stereocenters. The molecule has 0 amide bonds. The Labute approximate surface area is 144 Å². The first-order chi connectivity index (χ1) is 12.0. The lowest BCUT2D eigenvalue weighted by Gasteiger charge is -2.18. The third-order valence-electron chi connectivity index (χ3n) is 4.26. The number of ether oxygens (including phenoxy) is 2. The zero-order valence-electron chi connectivity index (χ0n) is 13.9. The molecule has 25 heavy (non-hydrogen) atoms. The van der Waals surface area contributed by atoms with Gasteiger partial charge in [-0.25, -0.2) is 0 Å². The number of ketones is 1. The second-order valence-electron chi connectivity index (χ2n) is 5.66. The topological polar surface area (TPSA) is 78.7 Å². The summed E-state index contributed by atoms with van der Waals surface area (Å²) in [6.07, 6.45) is 2.64. The molecule has 0 fully saturated rings. The van der Waals surface area contributed by atoms with Crippen LogP contribution in [-0.4, -0.2) is 24.9 Å². The van der Waals surface area contributed by atoms with E-state index in [0.29, 0.717) is 29.7 Å². The number of benzene rings is 2. The van der Waals surface area contributed by atoms with Crippen LogP contribution in [0.5, 0.6) is 11.5 Å². The molecule has 0 bridgehead atoms. The van der Waals surface area contributed by atoms with Crippen LogP contribution in [-0.2, 0) is 11.2 Å². The lowest BCUT2D eigenvalue weighted by atomic mass is 9.85. The summed E-state index contributed by atoms with van der Waals surface area (Å²) in [4.78, 5) is 23.4. The first-order valence-electron chi connectivity index (χ1n) is 7.78. The van der Waals surface area contributed by atoms with E-state index in [1.54, 1.807) is 6.08 Å². The van der Waals surface area contributed by atoms with Crippen LogP contribution in [0.1, 0.15) is 23.1 Å². The normalized spacial score (nSPS) is 15.0. The summed E-state index contributed by atoms with van der Waals surface area (Å²) in [5.41, 5.74) is 2.54. The molecule has 0 N–H and O–H groups in total. The van der Waals surface area contributed by atoms with Gasteiger partial charge in [-0.15, -0.1) is 0 Å². The number of methoxy groups -OCH3 is 2. The fourth-order valence-corrected chi connectivity index (χ4v) is 3.01. The molecule has 0 aliphatic heterocycles. The summed E-state index contributed by atoms with van der Waals surface area (Å²) in [5.74, 6) is 0.617. The van der Waals surface area contributed by atoms with E-state index >= 15 is 0 Å². The van der Waals surface area contributed by atoms with Crippen molar-refractivity contribution in [3.05, 3.63) is 63.2 Å². The molecule has 1 aliphatic carbocycles. The first kappa shape index (κ1) is 16.7. The van der Waals surface area contributed by atoms with E-state index in [0.717, 1.165) is 11.1 Å². The van der Waals surface area contributed by atoms with Gasteiger partial charge in [0.1, 0.15) is 0 Å². The summed E-state index contributed by atoms with van der Waals surface area (Å²) in [6, 6.07) is 10.4. The summed E-state index contributed by atoms with van der Waals surface area (Å²) in [7, 11) is 2.88. The van der Waals surface area contributed by atoms with Crippen LogP contribution < -0.4 is 9.47 Å². The lowest BCUT2D eigenvalue weighted by molar-refractivity contribution is -0.385. The molecule has 2 aromatic carbocycles.